The van der Waals surface area contributed by atoms with Crippen LogP contribution in [0.4, 0.5) is 0 Å². The Morgan fingerprint density at radius 2 is 1.78 bits per heavy atom. The number of aliphatic hydroxyl groups excluding tert-OH is 2. The molecule has 0 aromatic rings. The molecule has 4 saturated carbocycles. The third-order valence-corrected chi connectivity index (χ3v) is 8.72. The lowest BCUT2D eigenvalue weighted by Crippen LogP contribution is -2.59. The van der Waals surface area contributed by atoms with Crippen molar-refractivity contribution >= 4 is 0 Å². The highest BCUT2D eigenvalue weighted by Gasteiger charge is 2.63. The van der Waals surface area contributed by atoms with E-state index in [1.807, 2.05) is 0 Å². The summed E-state index contributed by atoms with van der Waals surface area (Å²) in [4.78, 5) is 0. The molecular formula is C20H31NO2. The van der Waals surface area contributed by atoms with Crippen molar-refractivity contribution in [1.29, 1.82) is 5.26 Å². The van der Waals surface area contributed by atoms with Gasteiger partial charge in [-0.3, -0.25) is 0 Å². The molecule has 4 rings (SSSR count). The van der Waals surface area contributed by atoms with Crippen LogP contribution >= 0.6 is 0 Å². The van der Waals surface area contributed by atoms with Crippen molar-refractivity contribution in [3.8, 4) is 6.07 Å². The van der Waals surface area contributed by atoms with E-state index in [4.69, 9.17) is 0 Å². The maximum atomic E-state index is 11.1. The molecule has 0 radical (unpaired) electrons. The van der Waals surface area contributed by atoms with Gasteiger partial charge in [0.1, 0.15) is 0 Å². The molecule has 0 aromatic heterocycles. The van der Waals surface area contributed by atoms with Crippen LogP contribution in [0.1, 0.15) is 65.2 Å². The molecular weight excluding hydrogens is 286 g/mol. The van der Waals surface area contributed by atoms with Crippen LogP contribution in [0.15, 0.2) is 0 Å². The molecule has 3 nitrogen and oxygen atoms in total. The second-order valence-electron chi connectivity index (χ2n) is 9.54. The van der Waals surface area contributed by atoms with Gasteiger partial charge in [0, 0.05) is 0 Å². The van der Waals surface area contributed by atoms with Gasteiger partial charge in [-0.05, 0) is 85.9 Å². The fraction of sp³-hybridized carbons (Fsp3) is 0.950. The molecule has 0 amide bonds. The number of rotatable bonds is 0. The van der Waals surface area contributed by atoms with Crippen molar-refractivity contribution in [2.45, 2.75) is 77.4 Å². The van der Waals surface area contributed by atoms with Crippen molar-refractivity contribution < 1.29 is 10.2 Å². The van der Waals surface area contributed by atoms with Gasteiger partial charge in [0.25, 0.3) is 0 Å². The first kappa shape index (κ1) is 15.9. The largest absolute Gasteiger partial charge is 0.393 e. The van der Waals surface area contributed by atoms with Crippen LogP contribution in [0.5, 0.6) is 0 Å². The van der Waals surface area contributed by atoms with Crippen molar-refractivity contribution in [3.05, 3.63) is 0 Å². The molecule has 3 heteroatoms. The first-order chi connectivity index (χ1) is 10.9. The lowest BCUT2D eigenvalue weighted by Gasteiger charge is -2.62. The molecule has 0 spiro atoms. The Balaban J connectivity index is 1.68. The summed E-state index contributed by atoms with van der Waals surface area (Å²) >= 11 is 0. The molecule has 0 aliphatic heterocycles. The normalized spacial score (nSPS) is 58.7. The summed E-state index contributed by atoms with van der Waals surface area (Å²) in [5, 5.41) is 30.8. The molecule has 0 heterocycles. The van der Waals surface area contributed by atoms with Crippen LogP contribution < -0.4 is 0 Å². The van der Waals surface area contributed by atoms with Crippen molar-refractivity contribution in [1.82, 2.24) is 0 Å². The summed E-state index contributed by atoms with van der Waals surface area (Å²) < 4.78 is 0. The maximum absolute atomic E-state index is 11.1. The Bertz CT molecular complexity index is 528. The number of hydrogen-bond donors (Lipinski definition) is 2. The predicted molar refractivity (Wildman–Crippen MR) is 88.2 cm³/mol. The van der Waals surface area contributed by atoms with Gasteiger partial charge >= 0.3 is 0 Å². The molecule has 23 heavy (non-hydrogen) atoms. The standard InChI is InChI=1S/C20H31NO2/c1-19-8-7-14(22)9-12(19)3-5-15-16-6-4-13(11-21)20(16,2)10-17(23)18(15)19/h12-18,22-23H,3-10H2,1-2H3/t12-,13-,14-,15+,16+,17+,18-,19+,20-/m1/s1. The van der Waals surface area contributed by atoms with Gasteiger partial charge in [-0.1, -0.05) is 13.8 Å². The molecule has 4 aliphatic rings. The van der Waals surface area contributed by atoms with E-state index in [1.54, 1.807) is 0 Å². The highest BCUT2D eigenvalue weighted by molar-refractivity contribution is 5.14. The van der Waals surface area contributed by atoms with E-state index in [0.29, 0.717) is 23.7 Å². The zero-order chi connectivity index (χ0) is 16.4. The van der Waals surface area contributed by atoms with E-state index in [-0.39, 0.29) is 29.0 Å². The quantitative estimate of drug-likeness (QED) is 0.718. The summed E-state index contributed by atoms with van der Waals surface area (Å²) in [6, 6.07) is 2.55. The van der Waals surface area contributed by atoms with Crippen LogP contribution in [0.2, 0.25) is 0 Å². The number of nitrogens with zero attached hydrogens (tertiary/aromatic N) is 1. The van der Waals surface area contributed by atoms with E-state index >= 15 is 0 Å². The Kier molecular flexibility index (Phi) is 3.60. The first-order valence-electron chi connectivity index (χ1n) is 9.66. The smallest absolute Gasteiger partial charge is 0.0661 e. The van der Waals surface area contributed by atoms with Crippen molar-refractivity contribution in [3.63, 3.8) is 0 Å². The zero-order valence-corrected chi connectivity index (χ0v) is 14.5. The predicted octanol–water partition coefficient (Wildman–Crippen LogP) is 3.50. The third kappa shape index (κ3) is 2.07. The Labute approximate surface area is 140 Å². The summed E-state index contributed by atoms with van der Waals surface area (Å²) in [6.45, 7) is 4.67. The minimum Gasteiger partial charge on any atom is -0.393 e. The van der Waals surface area contributed by atoms with Crippen LogP contribution in [-0.4, -0.2) is 22.4 Å². The second kappa shape index (κ2) is 5.20. The van der Waals surface area contributed by atoms with E-state index < -0.39 is 0 Å². The average Bonchev–Trinajstić information content (AvgIpc) is 2.83. The monoisotopic (exact) mass is 317 g/mol. The lowest BCUT2D eigenvalue weighted by atomic mass is 9.44. The minimum atomic E-state index is -0.266. The van der Waals surface area contributed by atoms with Gasteiger partial charge in [0.05, 0.1) is 24.2 Å². The van der Waals surface area contributed by atoms with Crippen LogP contribution in [0.3, 0.4) is 0 Å². The minimum absolute atomic E-state index is 0.0205. The van der Waals surface area contributed by atoms with E-state index in [9.17, 15) is 15.5 Å². The Hall–Kier alpha value is -0.590. The van der Waals surface area contributed by atoms with Gasteiger partial charge in [0.2, 0.25) is 0 Å². The third-order valence-electron chi connectivity index (χ3n) is 8.72. The van der Waals surface area contributed by atoms with Crippen molar-refractivity contribution in [2.75, 3.05) is 0 Å². The lowest BCUT2D eigenvalue weighted by molar-refractivity contribution is -0.175. The molecule has 0 unspecified atom stereocenters. The summed E-state index contributed by atoms with van der Waals surface area (Å²) in [7, 11) is 0. The highest BCUT2D eigenvalue weighted by Crippen LogP contribution is 2.67. The zero-order valence-electron chi connectivity index (χ0n) is 14.5. The van der Waals surface area contributed by atoms with Gasteiger partial charge in [0.15, 0.2) is 0 Å². The van der Waals surface area contributed by atoms with Gasteiger partial charge < -0.3 is 10.2 Å². The molecule has 4 fully saturated rings. The van der Waals surface area contributed by atoms with Crippen molar-refractivity contribution in [2.24, 2.45) is 40.4 Å². The highest BCUT2D eigenvalue weighted by atomic mass is 16.3. The molecule has 9 atom stereocenters. The number of nitriles is 1. The fourth-order valence-electron chi connectivity index (χ4n) is 7.57. The molecule has 128 valence electrons. The van der Waals surface area contributed by atoms with Gasteiger partial charge in [-0.2, -0.15) is 5.26 Å². The number of fused-ring (bicyclic) bond motifs is 5. The molecule has 0 aromatic carbocycles. The molecule has 0 bridgehead atoms. The Morgan fingerprint density at radius 1 is 1.00 bits per heavy atom. The summed E-state index contributed by atoms with van der Waals surface area (Å²) in [5.41, 5.74) is 0.209. The first-order valence-corrected chi connectivity index (χ1v) is 9.66. The van der Waals surface area contributed by atoms with Crippen LogP contribution in [0, 0.1) is 51.8 Å². The molecule has 0 saturated heterocycles. The summed E-state index contributed by atoms with van der Waals surface area (Å²) in [6.07, 6.45) is 7.87. The molecule has 2 N–H and O–H groups in total. The SMILES string of the molecule is C[C@]12CC[C@@H](O)C[C@H]1CC[C@@H]1[C@@H]2[C@@H](O)C[C@]2(C)[C@@H](C#N)CC[C@@H]12. The average molecular weight is 317 g/mol. The number of hydrogen-bond acceptors (Lipinski definition) is 3. The topological polar surface area (TPSA) is 64.2 Å². The van der Waals surface area contributed by atoms with E-state index in [2.05, 4.69) is 19.9 Å². The van der Waals surface area contributed by atoms with E-state index in [1.165, 1.54) is 19.3 Å². The van der Waals surface area contributed by atoms with E-state index in [0.717, 1.165) is 32.1 Å². The Morgan fingerprint density at radius 3 is 2.52 bits per heavy atom. The van der Waals surface area contributed by atoms with Crippen LogP contribution in [-0.2, 0) is 0 Å². The maximum Gasteiger partial charge on any atom is 0.0661 e. The van der Waals surface area contributed by atoms with Gasteiger partial charge in [-0.25, -0.2) is 0 Å². The molecule has 4 aliphatic carbocycles. The van der Waals surface area contributed by atoms with Gasteiger partial charge in [-0.15, -0.1) is 0 Å². The summed E-state index contributed by atoms with van der Waals surface area (Å²) in [5.74, 6) is 2.27. The second-order valence-corrected chi connectivity index (χ2v) is 9.54. The van der Waals surface area contributed by atoms with Crippen LogP contribution in [0.25, 0.3) is 0 Å². The fourth-order valence-corrected chi connectivity index (χ4v) is 7.57. The number of aliphatic hydroxyl groups is 2.